The van der Waals surface area contributed by atoms with Crippen molar-refractivity contribution in [1.29, 1.82) is 0 Å². The number of hydrogen-bond donors (Lipinski definition) is 6. The molecule has 0 spiro atoms. The number of carbonyl (C=O) groups is 2. The Morgan fingerprint density at radius 3 is 2.26 bits per heavy atom. The second-order valence-corrected chi connectivity index (χ2v) is 10.9. The van der Waals surface area contributed by atoms with Crippen molar-refractivity contribution in [3.63, 3.8) is 0 Å². The molecule has 1 amide bonds. The third-order valence-corrected chi connectivity index (χ3v) is 7.54. The molecule has 0 bridgehead atoms. The molecular formula is C29H32N2O9S2. The van der Waals surface area contributed by atoms with Crippen molar-refractivity contribution in [3.8, 4) is 11.3 Å². The van der Waals surface area contributed by atoms with Gasteiger partial charge in [-0.05, 0) is 23.3 Å². The van der Waals surface area contributed by atoms with E-state index in [1.807, 2.05) is 30.3 Å². The van der Waals surface area contributed by atoms with Gasteiger partial charge in [-0.15, -0.1) is 0 Å². The van der Waals surface area contributed by atoms with Gasteiger partial charge in [0.25, 0.3) is 5.91 Å². The van der Waals surface area contributed by atoms with Crippen LogP contribution >= 0.6 is 24.0 Å². The molecule has 1 aliphatic rings. The van der Waals surface area contributed by atoms with Crippen molar-refractivity contribution in [2.75, 3.05) is 20.2 Å². The number of quaternary nitrogens is 1. The summed E-state index contributed by atoms with van der Waals surface area (Å²) in [4.78, 5) is 25.7. The molecule has 13 heteroatoms. The Labute approximate surface area is 251 Å². The van der Waals surface area contributed by atoms with Crippen LogP contribution in [0, 0.1) is 0 Å². The second kappa shape index (κ2) is 15.7. The second-order valence-electron chi connectivity index (χ2n) is 9.26. The Kier molecular flexibility index (Phi) is 12.4. The van der Waals surface area contributed by atoms with E-state index in [0.29, 0.717) is 27.3 Å². The van der Waals surface area contributed by atoms with Crippen molar-refractivity contribution in [1.82, 2.24) is 4.90 Å². The Hall–Kier alpha value is -3.40. The SMILES string of the molecule is C[NH2+]C[C@H](O)[C@@H](O)[C@H](O)[C@H](O)CO.O=C([O-])c1ccc(-c2ccc(/C=C3\SC(=S)N(Cc4ccccc4)C3=O)o2)cc1. The molecule has 2 aromatic carbocycles. The molecule has 11 nitrogen and oxygen atoms in total. The molecule has 1 saturated heterocycles. The summed E-state index contributed by atoms with van der Waals surface area (Å²) in [6.45, 7) is -0.00576. The van der Waals surface area contributed by atoms with E-state index in [4.69, 9.17) is 32.0 Å². The molecule has 0 saturated carbocycles. The lowest BCUT2D eigenvalue weighted by Crippen LogP contribution is -2.83. The number of likely N-dealkylation sites (N-methyl/N-ethyl adjacent to an activating group) is 1. The van der Waals surface area contributed by atoms with Gasteiger partial charge in [0.1, 0.15) is 46.8 Å². The van der Waals surface area contributed by atoms with Crippen LogP contribution in [0.5, 0.6) is 0 Å². The number of hydrogen-bond acceptors (Lipinski definition) is 11. The van der Waals surface area contributed by atoms with Gasteiger partial charge < -0.3 is 45.2 Å². The van der Waals surface area contributed by atoms with Crippen LogP contribution in [0.1, 0.15) is 21.7 Å². The number of carboxylic acids is 1. The quantitative estimate of drug-likeness (QED) is 0.118. The smallest absolute Gasteiger partial charge is 0.266 e. The van der Waals surface area contributed by atoms with Gasteiger partial charge in [0.05, 0.1) is 31.1 Å². The summed E-state index contributed by atoms with van der Waals surface area (Å²) in [5.41, 5.74) is 1.83. The highest BCUT2D eigenvalue weighted by atomic mass is 32.2. The number of aromatic carboxylic acids is 1. The highest BCUT2D eigenvalue weighted by Crippen LogP contribution is 2.34. The standard InChI is InChI=1S/C22H15NO4S2.C7H17NO5/c24-20-19(29-22(28)23(20)13-14-4-2-1-3-5-14)12-17-10-11-18(27-17)15-6-8-16(9-7-15)21(25)26;1-8-2-4(10)6(12)7(13)5(11)3-9/h1-12H,13H2,(H,25,26);4-13H,2-3H2,1H3/b19-12-;/t;4-,5+,6+,7+/m.0/s1. The number of aliphatic hydroxyl groups is 5. The predicted octanol–water partition coefficient (Wildman–Crippen LogP) is -0.673. The van der Waals surface area contributed by atoms with E-state index in [1.54, 1.807) is 47.6 Å². The van der Waals surface area contributed by atoms with Crippen LogP contribution in [-0.2, 0) is 11.3 Å². The lowest BCUT2D eigenvalue weighted by molar-refractivity contribution is -0.635. The summed E-state index contributed by atoms with van der Waals surface area (Å²) >= 11 is 6.61. The van der Waals surface area contributed by atoms with E-state index >= 15 is 0 Å². The summed E-state index contributed by atoms with van der Waals surface area (Å²) in [6, 6.07) is 19.4. The van der Waals surface area contributed by atoms with Gasteiger partial charge in [0.15, 0.2) is 0 Å². The van der Waals surface area contributed by atoms with Gasteiger partial charge in [-0.3, -0.25) is 9.69 Å². The molecule has 0 aliphatic carbocycles. The van der Waals surface area contributed by atoms with Gasteiger partial charge in [-0.2, -0.15) is 0 Å². The zero-order chi connectivity index (χ0) is 30.8. The Morgan fingerprint density at radius 2 is 1.67 bits per heavy atom. The largest absolute Gasteiger partial charge is 0.545 e. The Balaban J connectivity index is 0.000000316. The lowest BCUT2D eigenvalue weighted by Gasteiger charge is -2.24. The zero-order valence-corrected chi connectivity index (χ0v) is 24.2. The molecule has 42 heavy (non-hydrogen) atoms. The van der Waals surface area contributed by atoms with E-state index in [9.17, 15) is 24.9 Å². The first-order valence-electron chi connectivity index (χ1n) is 12.9. The lowest BCUT2D eigenvalue weighted by atomic mass is 10.0. The third kappa shape index (κ3) is 8.80. The number of aliphatic hydroxyl groups excluding tert-OH is 5. The number of thiocarbonyl (C=S) groups is 1. The maximum absolute atomic E-state index is 12.7. The maximum atomic E-state index is 12.7. The highest BCUT2D eigenvalue weighted by molar-refractivity contribution is 8.26. The summed E-state index contributed by atoms with van der Waals surface area (Å²) in [7, 11) is 1.70. The molecule has 2 heterocycles. The Morgan fingerprint density at radius 1 is 1.02 bits per heavy atom. The van der Waals surface area contributed by atoms with Crippen LogP contribution in [0.2, 0.25) is 0 Å². The van der Waals surface area contributed by atoms with Gasteiger partial charge in [-0.1, -0.05) is 78.6 Å². The molecule has 1 fully saturated rings. The van der Waals surface area contributed by atoms with E-state index < -0.39 is 37.0 Å². The van der Waals surface area contributed by atoms with E-state index in [2.05, 4.69) is 0 Å². The summed E-state index contributed by atoms with van der Waals surface area (Å²) in [5.74, 6) is -0.292. The number of carbonyl (C=O) groups excluding carboxylic acids is 2. The van der Waals surface area contributed by atoms with E-state index in [0.717, 1.165) is 11.1 Å². The minimum atomic E-state index is -1.53. The number of thioether (sulfide) groups is 1. The molecule has 1 aliphatic heterocycles. The van der Waals surface area contributed by atoms with Crippen LogP contribution in [-0.4, -0.2) is 91.2 Å². The molecule has 0 radical (unpaired) electrons. The fraction of sp³-hybridized carbons (Fsp3) is 0.276. The van der Waals surface area contributed by atoms with Gasteiger partial charge >= 0.3 is 0 Å². The number of nitrogens with zero attached hydrogens (tertiary/aromatic N) is 1. The Bertz CT molecular complexity index is 1380. The van der Waals surface area contributed by atoms with Gasteiger partial charge in [0.2, 0.25) is 0 Å². The number of nitrogens with two attached hydrogens (primary N) is 1. The maximum Gasteiger partial charge on any atom is 0.266 e. The normalized spacial score (nSPS) is 17.0. The number of rotatable bonds is 11. The van der Waals surface area contributed by atoms with Crippen LogP contribution in [0.4, 0.5) is 0 Å². The molecule has 1 aromatic heterocycles. The number of benzene rings is 2. The van der Waals surface area contributed by atoms with Crippen molar-refractivity contribution in [2.45, 2.75) is 31.0 Å². The minimum absolute atomic E-state index is 0.0996. The van der Waals surface area contributed by atoms with Gasteiger partial charge in [-0.25, -0.2) is 0 Å². The highest BCUT2D eigenvalue weighted by Gasteiger charge is 2.32. The first-order chi connectivity index (χ1) is 20.0. The van der Waals surface area contributed by atoms with Crippen molar-refractivity contribution < 1.29 is 50.0 Å². The van der Waals surface area contributed by atoms with Crippen molar-refractivity contribution in [3.05, 3.63) is 88.5 Å². The molecule has 224 valence electrons. The average molecular weight is 617 g/mol. The summed E-state index contributed by atoms with van der Waals surface area (Å²) in [6.07, 6.45) is -3.86. The summed E-state index contributed by atoms with van der Waals surface area (Å²) in [5, 5.41) is 57.4. The molecule has 0 unspecified atom stereocenters. The summed E-state index contributed by atoms with van der Waals surface area (Å²) < 4.78 is 6.31. The number of furan rings is 1. The van der Waals surface area contributed by atoms with Gasteiger partial charge in [0, 0.05) is 11.6 Å². The topological polar surface area (TPSA) is 191 Å². The van der Waals surface area contributed by atoms with E-state index in [1.165, 1.54) is 23.9 Å². The molecule has 4 rings (SSSR count). The van der Waals surface area contributed by atoms with Crippen LogP contribution in [0.25, 0.3) is 17.4 Å². The molecule has 4 atom stereocenters. The fourth-order valence-electron chi connectivity index (χ4n) is 3.83. The van der Waals surface area contributed by atoms with Crippen LogP contribution in [0.15, 0.2) is 76.1 Å². The third-order valence-electron chi connectivity index (χ3n) is 6.16. The average Bonchev–Trinajstić information content (AvgIpc) is 3.57. The first-order valence-corrected chi connectivity index (χ1v) is 14.1. The predicted molar refractivity (Wildman–Crippen MR) is 157 cm³/mol. The van der Waals surface area contributed by atoms with E-state index in [-0.39, 0.29) is 18.0 Å². The minimum Gasteiger partial charge on any atom is -0.545 e. The number of carboxylic acid groups (broad SMARTS) is 1. The first kappa shape index (κ1) is 33.1. The van der Waals surface area contributed by atoms with Crippen LogP contribution < -0.4 is 10.4 Å². The van der Waals surface area contributed by atoms with Crippen molar-refractivity contribution >= 4 is 46.3 Å². The molecular weight excluding hydrogens is 584 g/mol. The zero-order valence-electron chi connectivity index (χ0n) is 22.6. The molecule has 7 N–H and O–H groups in total. The molecule has 3 aromatic rings. The van der Waals surface area contributed by atoms with Crippen LogP contribution in [0.3, 0.4) is 0 Å². The fourth-order valence-corrected chi connectivity index (χ4v) is 5.07. The number of amides is 1. The van der Waals surface area contributed by atoms with Crippen molar-refractivity contribution in [2.24, 2.45) is 0 Å². The monoisotopic (exact) mass is 616 g/mol.